The average molecular weight is 334 g/mol. The maximum atomic E-state index is 6.02. The third-order valence-electron chi connectivity index (χ3n) is 4.58. The summed E-state index contributed by atoms with van der Waals surface area (Å²) in [6, 6.07) is 18.8. The number of hydrogen-bond donors (Lipinski definition) is 0. The van der Waals surface area contributed by atoms with Crippen molar-refractivity contribution in [3.8, 4) is 11.4 Å². The zero-order valence-corrected chi connectivity index (χ0v) is 14.6. The molecule has 0 bridgehead atoms. The van der Waals surface area contributed by atoms with E-state index in [0.29, 0.717) is 0 Å². The molecule has 0 aliphatic carbocycles. The Kier molecular flexibility index (Phi) is 4.20. The van der Waals surface area contributed by atoms with E-state index in [9.17, 15) is 0 Å². The summed E-state index contributed by atoms with van der Waals surface area (Å²) in [5.41, 5.74) is 4.69. The summed E-state index contributed by atoms with van der Waals surface area (Å²) in [5.74, 6) is 0.862. The van der Waals surface area contributed by atoms with Gasteiger partial charge in [0.1, 0.15) is 5.75 Å². The van der Waals surface area contributed by atoms with E-state index in [2.05, 4.69) is 71.2 Å². The number of anilines is 1. The van der Waals surface area contributed by atoms with Gasteiger partial charge in [-0.3, -0.25) is 0 Å². The van der Waals surface area contributed by atoms with Crippen LogP contribution in [0.25, 0.3) is 5.69 Å². The molecular weight excluding hydrogens is 312 g/mol. The second kappa shape index (κ2) is 6.65. The van der Waals surface area contributed by atoms with Gasteiger partial charge in [-0.2, -0.15) is 0 Å². The van der Waals surface area contributed by atoms with Crippen LogP contribution in [0.4, 0.5) is 5.69 Å². The van der Waals surface area contributed by atoms with E-state index in [4.69, 9.17) is 9.47 Å². The molecule has 1 aliphatic rings. The lowest BCUT2D eigenvalue weighted by Crippen LogP contribution is -2.22. The summed E-state index contributed by atoms with van der Waals surface area (Å²) in [7, 11) is 1.69. The molecule has 4 nitrogen and oxygen atoms in total. The number of methoxy groups -OCH3 is 1. The summed E-state index contributed by atoms with van der Waals surface area (Å²) in [6.07, 6.45) is 4.17. The Hall–Kier alpha value is -2.72. The first-order valence-corrected chi connectivity index (χ1v) is 8.52. The molecule has 1 fully saturated rings. The van der Waals surface area contributed by atoms with Crippen LogP contribution >= 0.6 is 0 Å². The SMILES string of the molecule is COc1cccc(N2CCO[C@H]2c2ccn(-c3cccc(C)c3)c2)c1. The number of rotatable bonds is 4. The molecule has 4 heteroatoms. The fourth-order valence-electron chi connectivity index (χ4n) is 3.31. The van der Waals surface area contributed by atoms with Gasteiger partial charge >= 0.3 is 0 Å². The molecule has 0 spiro atoms. The second-order valence-electron chi connectivity index (χ2n) is 6.31. The largest absolute Gasteiger partial charge is 0.497 e. The van der Waals surface area contributed by atoms with Gasteiger partial charge in [0, 0.05) is 41.9 Å². The van der Waals surface area contributed by atoms with Gasteiger partial charge in [0.15, 0.2) is 6.23 Å². The number of nitrogens with zero attached hydrogens (tertiary/aromatic N) is 2. The van der Waals surface area contributed by atoms with Crippen molar-refractivity contribution in [2.24, 2.45) is 0 Å². The van der Waals surface area contributed by atoms with Gasteiger partial charge < -0.3 is 18.9 Å². The summed E-state index contributed by atoms with van der Waals surface area (Å²) in [6.45, 7) is 3.70. The molecule has 0 amide bonds. The minimum Gasteiger partial charge on any atom is -0.497 e. The molecule has 128 valence electrons. The molecule has 1 aromatic heterocycles. The van der Waals surface area contributed by atoms with Crippen LogP contribution < -0.4 is 9.64 Å². The lowest BCUT2D eigenvalue weighted by molar-refractivity contribution is 0.114. The summed E-state index contributed by atoms with van der Waals surface area (Å²) in [5, 5.41) is 0. The van der Waals surface area contributed by atoms with Gasteiger partial charge in [0.2, 0.25) is 0 Å². The van der Waals surface area contributed by atoms with E-state index in [1.807, 2.05) is 12.1 Å². The van der Waals surface area contributed by atoms with Gasteiger partial charge in [-0.15, -0.1) is 0 Å². The third-order valence-corrected chi connectivity index (χ3v) is 4.58. The van der Waals surface area contributed by atoms with Gasteiger partial charge in [0.05, 0.1) is 13.7 Å². The molecule has 0 saturated carbocycles. The number of ether oxygens (including phenoxy) is 2. The van der Waals surface area contributed by atoms with Crippen molar-refractivity contribution in [3.63, 3.8) is 0 Å². The molecule has 0 unspecified atom stereocenters. The molecular formula is C21H22N2O2. The first kappa shape index (κ1) is 15.8. The van der Waals surface area contributed by atoms with Gasteiger partial charge in [-0.25, -0.2) is 0 Å². The monoisotopic (exact) mass is 334 g/mol. The molecule has 1 saturated heterocycles. The van der Waals surface area contributed by atoms with Crippen molar-refractivity contribution >= 4 is 5.69 Å². The average Bonchev–Trinajstić information content (AvgIpc) is 3.31. The molecule has 0 radical (unpaired) electrons. The first-order valence-electron chi connectivity index (χ1n) is 8.52. The van der Waals surface area contributed by atoms with E-state index in [-0.39, 0.29) is 6.23 Å². The van der Waals surface area contributed by atoms with Gasteiger partial charge in [-0.05, 0) is 42.8 Å². The Bertz CT molecular complexity index is 872. The van der Waals surface area contributed by atoms with E-state index in [1.165, 1.54) is 5.56 Å². The predicted octanol–water partition coefficient (Wildman–Crippen LogP) is 4.33. The van der Waals surface area contributed by atoms with E-state index >= 15 is 0 Å². The second-order valence-corrected chi connectivity index (χ2v) is 6.31. The normalized spacial score (nSPS) is 17.0. The Balaban J connectivity index is 1.62. The van der Waals surface area contributed by atoms with Crippen LogP contribution in [0, 0.1) is 6.92 Å². The molecule has 0 N–H and O–H groups in total. The molecule has 2 heterocycles. The highest BCUT2D eigenvalue weighted by molar-refractivity contribution is 5.53. The highest BCUT2D eigenvalue weighted by atomic mass is 16.5. The van der Waals surface area contributed by atoms with E-state index in [0.717, 1.165) is 35.8 Å². The minimum absolute atomic E-state index is 0.0711. The summed E-state index contributed by atoms with van der Waals surface area (Å²) < 4.78 is 13.5. The minimum atomic E-state index is -0.0711. The highest BCUT2D eigenvalue weighted by Gasteiger charge is 2.28. The van der Waals surface area contributed by atoms with Crippen molar-refractivity contribution in [2.75, 3.05) is 25.2 Å². The molecule has 3 aromatic rings. The molecule has 1 aliphatic heterocycles. The quantitative estimate of drug-likeness (QED) is 0.710. The maximum Gasteiger partial charge on any atom is 0.158 e. The number of aryl methyl sites for hydroxylation is 1. The van der Waals surface area contributed by atoms with Crippen LogP contribution in [0.15, 0.2) is 67.0 Å². The molecule has 1 atom stereocenters. The van der Waals surface area contributed by atoms with Gasteiger partial charge in [-0.1, -0.05) is 18.2 Å². The van der Waals surface area contributed by atoms with Crippen LogP contribution in [-0.4, -0.2) is 24.8 Å². The Morgan fingerprint density at radius 1 is 1.04 bits per heavy atom. The molecule has 4 rings (SSSR count). The van der Waals surface area contributed by atoms with Crippen molar-refractivity contribution in [3.05, 3.63) is 78.1 Å². The van der Waals surface area contributed by atoms with Crippen molar-refractivity contribution in [2.45, 2.75) is 13.2 Å². The van der Waals surface area contributed by atoms with Crippen LogP contribution in [0.1, 0.15) is 17.4 Å². The van der Waals surface area contributed by atoms with E-state index < -0.39 is 0 Å². The van der Waals surface area contributed by atoms with Crippen LogP contribution in [-0.2, 0) is 4.74 Å². The standard InChI is InChI=1S/C21H22N2O2/c1-16-5-3-6-18(13-16)22-10-9-17(15-22)21-23(11-12-25-21)19-7-4-8-20(14-19)24-2/h3-10,13-15,21H,11-12H2,1-2H3/t21-/m0/s1. The zero-order valence-electron chi connectivity index (χ0n) is 14.6. The van der Waals surface area contributed by atoms with Crippen molar-refractivity contribution < 1.29 is 9.47 Å². The summed E-state index contributed by atoms with van der Waals surface area (Å²) in [4.78, 5) is 2.28. The Labute approximate surface area is 148 Å². The van der Waals surface area contributed by atoms with E-state index in [1.54, 1.807) is 7.11 Å². The summed E-state index contributed by atoms with van der Waals surface area (Å²) >= 11 is 0. The number of benzene rings is 2. The lowest BCUT2D eigenvalue weighted by Gasteiger charge is -2.25. The fraction of sp³-hybridized carbons (Fsp3) is 0.238. The highest BCUT2D eigenvalue weighted by Crippen LogP contribution is 2.34. The van der Waals surface area contributed by atoms with Crippen molar-refractivity contribution in [1.29, 1.82) is 0 Å². The van der Waals surface area contributed by atoms with Crippen molar-refractivity contribution in [1.82, 2.24) is 4.57 Å². The predicted molar refractivity (Wildman–Crippen MR) is 99.5 cm³/mol. The van der Waals surface area contributed by atoms with Crippen LogP contribution in [0.5, 0.6) is 5.75 Å². The topological polar surface area (TPSA) is 26.6 Å². The van der Waals surface area contributed by atoms with Gasteiger partial charge in [0.25, 0.3) is 0 Å². The first-order chi connectivity index (χ1) is 12.2. The molecule has 2 aromatic carbocycles. The smallest absolute Gasteiger partial charge is 0.158 e. The number of aromatic nitrogens is 1. The Morgan fingerprint density at radius 2 is 1.88 bits per heavy atom. The fourth-order valence-corrected chi connectivity index (χ4v) is 3.31. The maximum absolute atomic E-state index is 6.02. The van der Waals surface area contributed by atoms with Crippen LogP contribution in [0.2, 0.25) is 0 Å². The third kappa shape index (κ3) is 3.13. The Morgan fingerprint density at radius 3 is 2.72 bits per heavy atom. The lowest BCUT2D eigenvalue weighted by atomic mass is 10.2. The molecule has 25 heavy (non-hydrogen) atoms. The zero-order chi connectivity index (χ0) is 17.2. The number of hydrogen-bond acceptors (Lipinski definition) is 3. The van der Waals surface area contributed by atoms with Crippen LogP contribution in [0.3, 0.4) is 0 Å².